The van der Waals surface area contributed by atoms with E-state index in [0.717, 1.165) is 11.5 Å². The van der Waals surface area contributed by atoms with Gasteiger partial charge in [0.05, 0.1) is 0 Å². The van der Waals surface area contributed by atoms with Crippen LogP contribution in [0.5, 0.6) is 0 Å². The molecule has 0 spiro atoms. The largest absolute Gasteiger partial charge is 0.465 e. The lowest BCUT2D eigenvalue weighted by molar-refractivity contribution is 0.303. The molecule has 0 N–H and O–H groups in total. The minimum atomic E-state index is 1.04. The van der Waals surface area contributed by atoms with Crippen molar-refractivity contribution in [2.24, 2.45) is 0 Å². The van der Waals surface area contributed by atoms with Gasteiger partial charge in [-0.2, -0.15) is 0 Å². The van der Waals surface area contributed by atoms with E-state index in [0.29, 0.717) is 0 Å². The standard InChI is InChI=1S/C8H12OS/c1-5-7(3)10-8(4)6(2)9-5/h1-4H3. The highest BCUT2D eigenvalue weighted by molar-refractivity contribution is 8.06. The number of thioether (sulfide) groups is 1. The second kappa shape index (κ2) is 2.70. The molecule has 0 amide bonds. The third kappa shape index (κ3) is 1.37. The first-order valence-electron chi connectivity index (χ1n) is 3.32. The van der Waals surface area contributed by atoms with E-state index in [-0.39, 0.29) is 0 Å². The molecule has 0 bridgehead atoms. The lowest BCUT2D eigenvalue weighted by Gasteiger charge is -2.17. The molecule has 0 aromatic carbocycles. The summed E-state index contributed by atoms with van der Waals surface area (Å²) in [5.41, 5.74) is 0. The molecule has 0 aromatic rings. The van der Waals surface area contributed by atoms with Gasteiger partial charge in [0, 0.05) is 9.81 Å². The molecule has 1 aliphatic heterocycles. The van der Waals surface area contributed by atoms with Crippen LogP contribution in [0.3, 0.4) is 0 Å². The Morgan fingerprint density at radius 1 is 0.900 bits per heavy atom. The average molecular weight is 156 g/mol. The van der Waals surface area contributed by atoms with Crippen LogP contribution in [0.15, 0.2) is 21.3 Å². The Morgan fingerprint density at radius 3 is 1.60 bits per heavy atom. The fourth-order valence-corrected chi connectivity index (χ4v) is 1.58. The van der Waals surface area contributed by atoms with Gasteiger partial charge >= 0.3 is 0 Å². The molecule has 2 heteroatoms. The van der Waals surface area contributed by atoms with Gasteiger partial charge in [-0.05, 0) is 27.7 Å². The summed E-state index contributed by atoms with van der Waals surface area (Å²) in [7, 11) is 0. The van der Waals surface area contributed by atoms with E-state index >= 15 is 0 Å². The van der Waals surface area contributed by atoms with Gasteiger partial charge in [0.2, 0.25) is 0 Å². The Kier molecular flexibility index (Phi) is 2.09. The van der Waals surface area contributed by atoms with Crippen molar-refractivity contribution >= 4 is 11.8 Å². The zero-order valence-corrected chi connectivity index (χ0v) is 7.63. The first kappa shape index (κ1) is 7.73. The second-order valence-corrected chi connectivity index (χ2v) is 3.86. The van der Waals surface area contributed by atoms with E-state index in [9.17, 15) is 0 Å². The summed E-state index contributed by atoms with van der Waals surface area (Å²) < 4.78 is 5.45. The molecule has 0 unspecified atom stereocenters. The molecule has 0 fully saturated rings. The molecule has 10 heavy (non-hydrogen) atoms. The average Bonchev–Trinajstić information content (AvgIpc) is 1.84. The monoisotopic (exact) mass is 156 g/mol. The van der Waals surface area contributed by atoms with E-state index in [1.807, 2.05) is 13.8 Å². The van der Waals surface area contributed by atoms with Crippen LogP contribution >= 0.6 is 11.8 Å². The van der Waals surface area contributed by atoms with Gasteiger partial charge < -0.3 is 4.74 Å². The summed E-state index contributed by atoms with van der Waals surface area (Å²) in [6.07, 6.45) is 0. The maximum atomic E-state index is 5.45. The normalized spacial score (nSPS) is 19.6. The second-order valence-electron chi connectivity index (χ2n) is 2.43. The van der Waals surface area contributed by atoms with Crippen LogP contribution < -0.4 is 0 Å². The fourth-order valence-electron chi connectivity index (χ4n) is 0.747. The summed E-state index contributed by atoms with van der Waals surface area (Å²) in [4.78, 5) is 2.53. The number of rotatable bonds is 0. The Morgan fingerprint density at radius 2 is 1.30 bits per heavy atom. The van der Waals surface area contributed by atoms with Gasteiger partial charge in [0.25, 0.3) is 0 Å². The molecule has 0 radical (unpaired) electrons. The Balaban J connectivity index is 2.81. The van der Waals surface area contributed by atoms with Gasteiger partial charge in [0.1, 0.15) is 11.5 Å². The Bertz CT molecular complexity index is 169. The van der Waals surface area contributed by atoms with Crippen molar-refractivity contribution in [1.82, 2.24) is 0 Å². The predicted molar refractivity (Wildman–Crippen MR) is 45.4 cm³/mol. The topological polar surface area (TPSA) is 9.23 Å². The zero-order valence-electron chi connectivity index (χ0n) is 6.82. The van der Waals surface area contributed by atoms with Crippen molar-refractivity contribution in [3.8, 4) is 0 Å². The van der Waals surface area contributed by atoms with Gasteiger partial charge in [-0.3, -0.25) is 0 Å². The molecule has 56 valence electrons. The van der Waals surface area contributed by atoms with Crippen LogP contribution in [0.4, 0.5) is 0 Å². The molecule has 0 saturated carbocycles. The van der Waals surface area contributed by atoms with Gasteiger partial charge in [-0.15, -0.1) is 0 Å². The van der Waals surface area contributed by atoms with Crippen molar-refractivity contribution < 1.29 is 4.74 Å². The van der Waals surface area contributed by atoms with Crippen LogP contribution in [0.25, 0.3) is 0 Å². The lowest BCUT2D eigenvalue weighted by atomic mass is 10.4. The van der Waals surface area contributed by atoms with Crippen LogP contribution in [0, 0.1) is 0 Å². The maximum Gasteiger partial charge on any atom is 0.110 e. The summed E-state index contributed by atoms with van der Waals surface area (Å²) in [6, 6.07) is 0. The number of ether oxygens (including phenoxy) is 1. The van der Waals surface area contributed by atoms with Crippen LogP contribution in [0.1, 0.15) is 27.7 Å². The quantitative estimate of drug-likeness (QED) is 0.532. The van der Waals surface area contributed by atoms with Crippen LogP contribution in [-0.4, -0.2) is 0 Å². The number of hydrogen-bond donors (Lipinski definition) is 0. The maximum absolute atomic E-state index is 5.45. The molecular formula is C8H12OS. The number of allylic oxidation sites excluding steroid dienone is 4. The van der Waals surface area contributed by atoms with Gasteiger partial charge in [0.15, 0.2) is 0 Å². The molecule has 1 nitrogen and oxygen atoms in total. The highest BCUT2D eigenvalue weighted by Crippen LogP contribution is 2.35. The first-order valence-corrected chi connectivity index (χ1v) is 4.13. The highest BCUT2D eigenvalue weighted by atomic mass is 32.2. The van der Waals surface area contributed by atoms with E-state index < -0.39 is 0 Å². The Labute approximate surface area is 66.1 Å². The van der Waals surface area contributed by atoms with Crippen molar-refractivity contribution in [2.75, 3.05) is 0 Å². The Hall–Kier alpha value is -0.370. The molecule has 0 aliphatic carbocycles. The van der Waals surface area contributed by atoms with Crippen LogP contribution in [-0.2, 0) is 4.74 Å². The van der Waals surface area contributed by atoms with E-state index in [2.05, 4.69) is 13.8 Å². The molecular weight excluding hydrogens is 144 g/mol. The van der Waals surface area contributed by atoms with E-state index in [4.69, 9.17) is 4.74 Å². The molecule has 1 heterocycles. The lowest BCUT2D eigenvalue weighted by Crippen LogP contribution is -1.96. The molecule has 1 rings (SSSR count). The summed E-state index contributed by atoms with van der Waals surface area (Å²) in [5, 5.41) is 0. The van der Waals surface area contributed by atoms with Crippen LogP contribution in [0.2, 0.25) is 0 Å². The molecule has 0 atom stereocenters. The SMILES string of the molecule is CC1=C(C)SC(C)=C(C)O1. The minimum Gasteiger partial charge on any atom is -0.465 e. The first-order chi connectivity index (χ1) is 4.61. The van der Waals surface area contributed by atoms with Gasteiger partial charge in [-0.25, -0.2) is 0 Å². The van der Waals surface area contributed by atoms with Crippen molar-refractivity contribution in [3.05, 3.63) is 21.3 Å². The fraction of sp³-hybridized carbons (Fsp3) is 0.500. The van der Waals surface area contributed by atoms with E-state index in [1.54, 1.807) is 11.8 Å². The molecule has 1 aliphatic rings. The third-order valence-corrected chi connectivity index (χ3v) is 2.79. The van der Waals surface area contributed by atoms with E-state index in [1.165, 1.54) is 9.81 Å². The predicted octanol–water partition coefficient (Wildman–Crippen LogP) is 3.25. The molecule has 0 saturated heterocycles. The molecule has 0 aromatic heterocycles. The van der Waals surface area contributed by atoms with Crippen molar-refractivity contribution in [1.29, 1.82) is 0 Å². The summed E-state index contributed by atoms with van der Waals surface area (Å²) in [6.45, 7) is 8.16. The zero-order chi connectivity index (χ0) is 7.72. The number of hydrogen-bond acceptors (Lipinski definition) is 2. The minimum absolute atomic E-state index is 1.04. The van der Waals surface area contributed by atoms with Gasteiger partial charge in [-0.1, -0.05) is 11.8 Å². The smallest absolute Gasteiger partial charge is 0.110 e. The summed E-state index contributed by atoms with van der Waals surface area (Å²) in [5.74, 6) is 2.07. The summed E-state index contributed by atoms with van der Waals surface area (Å²) >= 11 is 1.79. The van der Waals surface area contributed by atoms with Crippen molar-refractivity contribution in [2.45, 2.75) is 27.7 Å². The highest BCUT2D eigenvalue weighted by Gasteiger charge is 2.10. The van der Waals surface area contributed by atoms with Crippen molar-refractivity contribution in [3.63, 3.8) is 0 Å². The third-order valence-electron chi connectivity index (χ3n) is 1.60.